The summed E-state index contributed by atoms with van der Waals surface area (Å²) in [6, 6.07) is 12.2. The van der Waals surface area contributed by atoms with Crippen LogP contribution >= 0.6 is 11.6 Å². The summed E-state index contributed by atoms with van der Waals surface area (Å²) < 4.78 is 22.8. The fourth-order valence-electron chi connectivity index (χ4n) is 1.71. The Labute approximate surface area is 131 Å². The van der Waals surface area contributed by atoms with Gasteiger partial charge in [-0.05, 0) is 42.5 Å². The van der Waals surface area contributed by atoms with Crippen LogP contribution in [0.25, 0.3) is 0 Å². The highest BCUT2D eigenvalue weighted by Gasteiger charge is 2.09. The van der Waals surface area contributed by atoms with Crippen molar-refractivity contribution in [1.82, 2.24) is 0 Å². The molecule has 112 valence electrons. The molecule has 6 heteroatoms. The molecule has 0 saturated carbocycles. The molecule has 0 bridgehead atoms. The Balaban J connectivity index is 1.90. The molecule has 0 radical (unpaired) electrons. The summed E-state index contributed by atoms with van der Waals surface area (Å²) in [5, 5.41) is 0.451. The van der Waals surface area contributed by atoms with Gasteiger partial charge in [-0.25, -0.2) is 0 Å². The van der Waals surface area contributed by atoms with Gasteiger partial charge in [0.15, 0.2) is 0 Å². The van der Waals surface area contributed by atoms with Gasteiger partial charge in [0.05, 0.1) is 33.6 Å². The van der Waals surface area contributed by atoms with Gasteiger partial charge in [-0.1, -0.05) is 11.6 Å². The molecule has 2 rings (SSSR count). The summed E-state index contributed by atoms with van der Waals surface area (Å²) in [7, 11) is 0.359. The monoisotopic (exact) mass is 325 g/mol. The lowest BCUT2D eigenvalue weighted by molar-refractivity contribution is 0.341. The van der Waals surface area contributed by atoms with Crippen molar-refractivity contribution in [2.45, 2.75) is 4.90 Å². The average molecular weight is 326 g/mol. The van der Waals surface area contributed by atoms with Crippen LogP contribution in [-0.2, 0) is 10.8 Å². The summed E-state index contributed by atoms with van der Waals surface area (Å²) >= 11 is 6.02. The van der Waals surface area contributed by atoms with E-state index in [-0.39, 0.29) is 0 Å². The molecule has 2 aromatic carbocycles. The van der Waals surface area contributed by atoms with Crippen molar-refractivity contribution >= 4 is 28.1 Å². The SMILES string of the molecule is COc1ccc(OCCS(=O)c2cc(N)ccc2Cl)cc1. The van der Waals surface area contributed by atoms with E-state index in [1.807, 2.05) is 0 Å². The Morgan fingerprint density at radius 2 is 1.81 bits per heavy atom. The Morgan fingerprint density at radius 3 is 2.48 bits per heavy atom. The van der Waals surface area contributed by atoms with Crippen molar-refractivity contribution in [3.05, 3.63) is 47.5 Å². The number of nitrogens with two attached hydrogens (primary N) is 1. The van der Waals surface area contributed by atoms with Gasteiger partial charge >= 0.3 is 0 Å². The van der Waals surface area contributed by atoms with E-state index in [1.54, 1.807) is 49.6 Å². The maximum Gasteiger partial charge on any atom is 0.119 e. The number of nitrogen functional groups attached to an aromatic ring is 1. The highest BCUT2D eigenvalue weighted by Crippen LogP contribution is 2.23. The maximum absolute atomic E-state index is 12.2. The second-order valence-electron chi connectivity index (χ2n) is 4.26. The van der Waals surface area contributed by atoms with Crippen LogP contribution in [-0.4, -0.2) is 23.7 Å². The smallest absolute Gasteiger partial charge is 0.119 e. The topological polar surface area (TPSA) is 61.5 Å². The summed E-state index contributed by atoms with van der Waals surface area (Å²) in [6.45, 7) is 0.323. The summed E-state index contributed by atoms with van der Waals surface area (Å²) in [6.07, 6.45) is 0. The van der Waals surface area contributed by atoms with Gasteiger partial charge in [-0.2, -0.15) is 0 Å². The van der Waals surface area contributed by atoms with Gasteiger partial charge in [0.2, 0.25) is 0 Å². The lowest BCUT2D eigenvalue weighted by atomic mass is 10.3. The first-order chi connectivity index (χ1) is 10.1. The molecule has 0 spiro atoms. The van der Waals surface area contributed by atoms with Crippen molar-refractivity contribution in [2.24, 2.45) is 0 Å². The van der Waals surface area contributed by atoms with Crippen molar-refractivity contribution in [1.29, 1.82) is 0 Å². The van der Waals surface area contributed by atoms with Crippen molar-refractivity contribution in [2.75, 3.05) is 25.2 Å². The van der Waals surface area contributed by atoms with Crippen molar-refractivity contribution in [3.8, 4) is 11.5 Å². The number of halogens is 1. The first-order valence-electron chi connectivity index (χ1n) is 6.30. The predicted molar refractivity (Wildman–Crippen MR) is 85.6 cm³/mol. The molecular formula is C15H16ClNO3S. The molecule has 2 N–H and O–H groups in total. The molecule has 2 aromatic rings. The van der Waals surface area contributed by atoms with Crippen LogP contribution < -0.4 is 15.2 Å². The van der Waals surface area contributed by atoms with Gasteiger partial charge in [0, 0.05) is 5.69 Å². The van der Waals surface area contributed by atoms with Crippen LogP contribution in [0.3, 0.4) is 0 Å². The van der Waals surface area contributed by atoms with E-state index in [1.165, 1.54) is 0 Å². The van der Waals surface area contributed by atoms with Gasteiger partial charge in [-0.3, -0.25) is 4.21 Å². The molecule has 0 aromatic heterocycles. The van der Waals surface area contributed by atoms with Crippen molar-refractivity contribution in [3.63, 3.8) is 0 Å². The van der Waals surface area contributed by atoms with Gasteiger partial charge in [0.1, 0.15) is 18.1 Å². The van der Waals surface area contributed by atoms with E-state index in [0.29, 0.717) is 33.7 Å². The number of benzene rings is 2. The minimum atomic E-state index is -1.25. The van der Waals surface area contributed by atoms with Crippen LogP contribution in [0.4, 0.5) is 5.69 Å². The Bertz CT molecular complexity index is 631. The molecule has 0 aliphatic carbocycles. The number of hydrogen-bond acceptors (Lipinski definition) is 4. The molecule has 0 fully saturated rings. The highest BCUT2D eigenvalue weighted by atomic mass is 35.5. The molecule has 0 aliphatic rings. The average Bonchev–Trinajstić information content (AvgIpc) is 2.50. The molecular weight excluding hydrogens is 310 g/mol. The van der Waals surface area contributed by atoms with Crippen LogP contribution in [0.5, 0.6) is 11.5 Å². The number of rotatable bonds is 6. The molecule has 0 heterocycles. The van der Waals surface area contributed by atoms with Gasteiger partial charge < -0.3 is 15.2 Å². The fraction of sp³-hybridized carbons (Fsp3) is 0.200. The lowest BCUT2D eigenvalue weighted by Crippen LogP contribution is -2.09. The zero-order chi connectivity index (χ0) is 15.2. The number of ether oxygens (including phenoxy) is 2. The Hall–Kier alpha value is -1.72. The third kappa shape index (κ3) is 4.37. The first kappa shape index (κ1) is 15.7. The predicted octanol–water partition coefficient (Wildman–Crippen LogP) is 3.12. The summed E-state index contributed by atoms with van der Waals surface area (Å²) in [5.74, 6) is 1.80. The van der Waals surface area contributed by atoms with E-state index >= 15 is 0 Å². The number of methoxy groups -OCH3 is 1. The number of anilines is 1. The van der Waals surface area contributed by atoms with Gasteiger partial charge in [0.25, 0.3) is 0 Å². The number of hydrogen-bond donors (Lipinski definition) is 1. The van der Waals surface area contributed by atoms with Crippen LogP contribution in [0.1, 0.15) is 0 Å². The molecule has 1 atom stereocenters. The minimum Gasteiger partial charge on any atom is -0.497 e. The van der Waals surface area contributed by atoms with Gasteiger partial charge in [-0.15, -0.1) is 0 Å². The second-order valence-corrected chi connectivity index (χ2v) is 6.21. The summed E-state index contributed by atoms with van der Waals surface area (Å²) in [4.78, 5) is 0.537. The third-order valence-electron chi connectivity index (χ3n) is 2.80. The van der Waals surface area contributed by atoms with E-state index in [9.17, 15) is 4.21 Å². The van der Waals surface area contributed by atoms with Crippen molar-refractivity contribution < 1.29 is 13.7 Å². The largest absolute Gasteiger partial charge is 0.497 e. The quantitative estimate of drug-likeness (QED) is 0.829. The van der Waals surface area contributed by atoms with Crippen LogP contribution in [0.2, 0.25) is 5.02 Å². The normalized spacial score (nSPS) is 11.9. The molecule has 0 aliphatic heterocycles. The maximum atomic E-state index is 12.2. The zero-order valence-electron chi connectivity index (χ0n) is 11.5. The Kier molecular flexibility index (Phi) is 5.47. The van der Waals surface area contributed by atoms with Crippen LogP contribution in [0.15, 0.2) is 47.4 Å². The van der Waals surface area contributed by atoms with E-state index < -0.39 is 10.8 Å². The lowest BCUT2D eigenvalue weighted by Gasteiger charge is -2.08. The fourth-order valence-corrected chi connectivity index (χ4v) is 3.09. The van der Waals surface area contributed by atoms with E-state index in [4.69, 9.17) is 26.8 Å². The summed E-state index contributed by atoms with van der Waals surface area (Å²) in [5.41, 5.74) is 6.22. The third-order valence-corrected chi connectivity index (χ3v) is 4.60. The molecule has 21 heavy (non-hydrogen) atoms. The molecule has 4 nitrogen and oxygen atoms in total. The van der Waals surface area contributed by atoms with E-state index in [2.05, 4.69) is 0 Å². The zero-order valence-corrected chi connectivity index (χ0v) is 13.1. The Morgan fingerprint density at radius 1 is 1.14 bits per heavy atom. The molecule has 1 unspecified atom stereocenters. The van der Waals surface area contributed by atoms with Crippen LogP contribution in [0, 0.1) is 0 Å². The molecule has 0 saturated heterocycles. The van der Waals surface area contributed by atoms with E-state index in [0.717, 1.165) is 5.75 Å². The standard InChI is InChI=1S/C15H16ClNO3S/c1-19-12-3-5-13(6-4-12)20-8-9-21(18)15-10-11(17)2-7-14(15)16/h2-7,10H,8-9,17H2,1H3. The minimum absolute atomic E-state index is 0.323. The highest BCUT2D eigenvalue weighted by molar-refractivity contribution is 7.85. The second kappa shape index (κ2) is 7.33. The molecule has 0 amide bonds. The first-order valence-corrected chi connectivity index (χ1v) is 8.00.